The third kappa shape index (κ3) is 1.73. The molecule has 1 heterocycles. The summed E-state index contributed by atoms with van der Waals surface area (Å²) < 4.78 is 7.02. The second-order valence-electron chi connectivity index (χ2n) is 3.36. The van der Waals surface area contributed by atoms with Gasteiger partial charge in [0.2, 0.25) is 5.91 Å². The van der Waals surface area contributed by atoms with E-state index in [1.165, 1.54) is 0 Å². The van der Waals surface area contributed by atoms with Crippen molar-refractivity contribution in [1.82, 2.24) is 4.57 Å². The quantitative estimate of drug-likeness (QED) is 0.751. The van der Waals surface area contributed by atoms with Gasteiger partial charge in [-0.15, -0.1) is 0 Å². The summed E-state index contributed by atoms with van der Waals surface area (Å²) in [4.78, 5) is 11.3. The van der Waals surface area contributed by atoms with Crippen LogP contribution in [0, 0.1) is 0 Å². The van der Waals surface area contributed by atoms with Gasteiger partial charge in [0, 0.05) is 24.6 Å². The van der Waals surface area contributed by atoms with Crippen LogP contribution in [0.3, 0.4) is 0 Å². The van der Waals surface area contributed by atoms with Gasteiger partial charge in [0.15, 0.2) is 0 Å². The largest absolute Gasteiger partial charge is 0.494 e. The number of carbonyl (C=O) groups is 1. The summed E-state index contributed by atoms with van der Waals surface area (Å²) in [6, 6.07) is 7.68. The lowest BCUT2D eigenvalue weighted by atomic mass is 10.2. The standard InChI is InChI=1S/C12H13NO2/c1-3-15-11-5-4-10-6-7-13(9(2)14)12(10)8-11/h4-8H,3H2,1-2H3. The third-order valence-corrected chi connectivity index (χ3v) is 2.31. The van der Waals surface area contributed by atoms with Gasteiger partial charge in [-0.25, -0.2) is 0 Å². The molecule has 1 aromatic heterocycles. The maximum absolute atomic E-state index is 11.3. The van der Waals surface area contributed by atoms with E-state index in [2.05, 4.69) is 0 Å². The molecule has 1 aromatic carbocycles. The minimum absolute atomic E-state index is 0.0126. The highest BCUT2D eigenvalue weighted by Crippen LogP contribution is 2.21. The monoisotopic (exact) mass is 203 g/mol. The van der Waals surface area contributed by atoms with Crippen LogP contribution in [0.15, 0.2) is 30.5 Å². The first-order valence-electron chi connectivity index (χ1n) is 4.97. The molecule has 0 spiro atoms. The second kappa shape index (κ2) is 3.77. The molecule has 0 saturated carbocycles. The van der Waals surface area contributed by atoms with Crippen LogP contribution in [0.4, 0.5) is 0 Å². The zero-order valence-corrected chi connectivity index (χ0v) is 8.86. The normalized spacial score (nSPS) is 10.5. The molecule has 15 heavy (non-hydrogen) atoms. The fraction of sp³-hybridized carbons (Fsp3) is 0.250. The minimum Gasteiger partial charge on any atom is -0.494 e. The molecule has 78 valence electrons. The van der Waals surface area contributed by atoms with Gasteiger partial charge < -0.3 is 4.74 Å². The average molecular weight is 203 g/mol. The van der Waals surface area contributed by atoms with E-state index in [1.54, 1.807) is 17.7 Å². The topological polar surface area (TPSA) is 31.2 Å². The highest BCUT2D eigenvalue weighted by molar-refractivity contribution is 5.92. The predicted octanol–water partition coefficient (Wildman–Crippen LogP) is 2.70. The SMILES string of the molecule is CCOc1ccc2ccn(C(C)=O)c2c1. The van der Waals surface area contributed by atoms with Crippen molar-refractivity contribution in [2.75, 3.05) is 6.61 Å². The first-order valence-corrected chi connectivity index (χ1v) is 4.97. The van der Waals surface area contributed by atoms with Gasteiger partial charge in [0.25, 0.3) is 0 Å². The first kappa shape index (κ1) is 9.77. The van der Waals surface area contributed by atoms with Crippen molar-refractivity contribution in [3.63, 3.8) is 0 Å². The lowest BCUT2D eigenvalue weighted by Crippen LogP contribution is -2.03. The summed E-state index contributed by atoms with van der Waals surface area (Å²) in [6.07, 6.45) is 1.78. The minimum atomic E-state index is 0.0126. The summed E-state index contributed by atoms with van der Waals surface area (Å²) in [5, 5.41) is 1.05. The van der Waals surface area contributed by atoms with Crippen LogP contribution >= 0.6 is 0 Å². The second-order valence-corrected chi connectivity index (χ2v) is 3.36. The van der Waals surface area contributed by atoms with Gasteiger partial charge in [0.1, 0.15) is 5.75 Å². The van der Waals surface area contributed by atoms with Crippen LogP contribution < -0.4 is 4.74 Å². The predicted molar refractivity (Wildman–Crippen MR) is 59.4 cm³/mol. The van der Waals surface area contributed by atoms with Crippen molar-refractivity contribution in [2.45, 2.75) is 13.8 Å². The molecular weight excluding hydrogens is 190 g/mol. The smallest absolute Gasteiger partial charge is 0.227 e. The molecule has 0 aliphatic rings. The summed E-state index contributed by atoms with van der Waals surface area (Å²) >= 11 is 0. The maximum Gasteiger partial charge on any atom is 0.227 e. The molecule has 0 radical (unpaired) electrons. The molecule has 0 aliphatic heterocycles. The van der Waals surface area contributed by atoms with E-state index in [0.717, 1.165) is 16.7 Å². The van der Waals surface area contributed by atoms with Crippen LogP contribution in [0.2, 0.25) is 0 Å². The number of aromatic nitrogens is 1. The summed E-state index contributed by atoms with van der Waals surface area (Å²) in [6.45, 7) is 4.12. The van der Waals surface area contributed by atoms with E-state index >= 15 is 0 Å². The Balaban J connectivity index is 2.56. The molecule has 0 saturated heterocycles. The van der Waals surface area contributed by atoms with Crippen molar-refractivity contribution in [2.24, 2.45) is 0 Å². The van der Waals surface area contributed by atoms with Crippen LogP contribution in [0.5, 0.6) is 5.75 Å². The van der Waals surface area contributed by atoms with Crippen LogP contribution in [0.25, 0.3) is 10.9 Å². The molecule has 0 aliphatic carbocycles. The molecular formula is C12H13NO2. The van der Waals surface area contributed by atoms with Gasteiger partial charge >= 0.3 is 0 Å². The van der Waals surface area contributed by atoms with E-state index < -0.39 is 0 Å². The summed E-state index contributed by atoms with van der Waals surface area (Å²) in [5.41, 5.74) is 0.897. The van der Waals surface area contributed by atoms with Gasteiger partial charge in [-0.2, -0.15) is 0 Å². The van der Waals surface area contributed by atoms with Crippen LogP contribution in [-0.2, 0) is 0 Å². The fourth-order valence-corrected chi connectivity index (χ4v) is 1.64. The van der Waals surface area contributed by atoms with Crippen molar-refractivity contribution >= 4 is 16.8 Å². The Morgan fingerprint density at radius 3 is 2.87 bits per heavy atom. The zero-order chi connectivity index (χ0) is 10.8. The number of fused-ring (bicyclic) bond motifs is 1. The average Bonchev–Trinajstić information content (AvgIpc) is 2.61. The first-order chi connectivity index (χ1) is 7.22. The lowest BCUT2D eigenvalue weighted by molar-refractivity contribution is 0.0941. The van der Waals surface area contributed by atoms with Gasteiger partial charge in [-0.3, -0.25) is 9.36 Å². The van der Waals surface area contributed by atoms with Crippen molar-refractivity contribution in [3.8, 4) is 5.75 Å². The third-order valence-electron chi connectivity index (χ3n) is 2.31. The van der Waals surface area contributed by atoms with Crippen molar-refractivity contribution < 1.29 is 9.53 Å². The zero-order valence-electron chi connectivity index (χ0n) is 8.86. The molecule has 0 fully saturated rings. The van der Waals surface area contributed by atoms with Gasteiger partial charge in [0.05, 0.1) is 12.1 Å². The summed E-state index contributed by atoms with van der Waals surface area (Å²) in [5.74, 6) is 0.810. The Morgan fingerprint density at radius 1 is 1.40 bits per heavy atom. The number of ether oxygens (including phenoxy) is 1. The fourth-order valence-electron chi connectivity index (χ4n) is 1.64. The lowest BCUT2D eigenvalue weighted by Gasteiger charge is -2.04. The number of rotatable bonds is 2. The number of hydrogen-bond donors (Lipinski definition) is 0. The van der Waals surface area contributed by atoms with E-state index in [1.807, 2.05) is 31.2 Å². The van der Waals surface area contributed by atoms with Crippen LogP contribution in [-0.4, -0.2) is 17.1 Å². The van der Waals surface area contributed by atoms with E-state index in [9.17, 15) is 4.79 Å². The molecule has 3 heteroatoms. The molecule has 0 bridgehead atoms. The highest BCUT2D eigenvalue weighted by atomic mass is 16.5. The molecule has 3 nitrogen and oxygen atoms in total. The number of nitrogens with zero attached hydrogens (tertiary/aromatic N) is 1. The van der Waals surface area contributed by atoms with E-state index in [-0.39, 0.29) is 5.91 Å². The molecule has 2 aromatic rings. The van der Waals surface area contributed by atoms with Crippen LogP contribution in [0.1, 0.15) is 18.6 Å². The van der Waals surface area contributed by atoms with Gasteiger partial charge in [-0.1, -0.05) is 0 Å². The summed E-state index contributed by atoms with van der Waals surface area (Å²) in [7, 11) is 0. The molecule has 2 rings (SSSR count). The number of benzene rings is 1. The molecule has 0 unspecified atom stereocenters. The number of hydrogen-bond acceptors (Lipinski definition) is 2. The Morgan fingerprint density at radius 2 is 2.20 bits per heavy atom. The Bertz CT molecular complexity index is 499. The Kier molecular flexibility index (Phi) is 2.46. The molecule has 0 atom stereocenters. The Hall–Kier alpha value is -1.77. The highest BCUT2D eigenvalue weighted by Gasteiger charge is 2.05. The molecule has 0 amide bonds. The van der Waals surface area contributed by atoms with E-state index in [0.29, 0.717) is 6.61 Å². The maximum atomic E-state index is 11.3. The van der Waals surface area contributed by atoms with E-state index in [4.69, 9.17) is 4.74 Å². The van der Waals surface area contributed by atoms with Crippen molar-refractivity contribution in [3.05, 3.63) is 30.5 Å². The number of carbonyl (C=O) groups excluding carboxylic acids is 1. The Labute approximate surface area is 88.3 Å². The molecule has 0 N–H and O–H groups in total. The van der Waals surface area contributed by atoms with Crippen molar-refractivity contribution in [1.29, 1.82) is 0 Å². The van der Waals surface area contributed by atoms with Gasteiger partial charge in [-0.05, 0) is 25.1 Å².